The Morgan fingerprint density at radius 1 is 1.27 bits per heavy atom. The lowest BCUT2D eigenvalue weighted by Gasteiger charge is -2.29. The summed E-state index contributed by atoms with van der Waals surface area (Å²) in [6, 6.07) is 0. The van der Waals surface area contributed by atoms with E-state index in [1.807, 2.05) is 0 Å². The van der Waals surface area contributed by atoms with E-state index in [9.17, 15) is 5.11 Å². The van der Waals surface area contributed by atoms with Crippen LogP contribution in [0.15, 0.2) is 0 Å². The van der Waals surface area contributed by atoms with Crippen molar-refractivity contribution >= 4 is 0 Å². The molecule has 1 N–H and O–H groups in total. The van der Waals surface area contributed by atoms with Crippen molar-refractivity contribution < 1.29 is 19.3 Å². The Balaban J connectivity index is 1.63. The van der Waals surface area contributed by atoms with E-state index < -0.39 is 0 Å². The first-order valence-electron chi connectivity index (χ1n) is 5.83. The van der Waals surface area contributed by atoms with Crippen molar-refractivity contribution in [3.8, 4) is 0 Å². The molecule has 0 amide bonds. The Morgan fingerprint density at radius 3 is 2.93 bits per heavy atom. The van der Waals surface area contributed by atoms with Gasteiger partial charge in [0.05, 0.1) is 25.9 Å². The van der Waals surface area contributed by atoms with Crippen LogP contribution in [0.3, 0.4) is 0 Å². The molecule has 4 heteroatoms. The van der Waals surface area contributed by atoms with Gasteiger partial charge in [0.2, 0.25) is 0 Å². The van der Waals surface area contributed by atoms with Gasteiger partial charge >= 0.3 is 0 Å². The van der Waals surface area contributed by atoms with E-state index >= 15 is 0 Å². The maximum absolute atomic E-state index is 9.40. The van der Waals surface area contributed by atoms with E-state index in [0.29, 0.717) is 25.7 Å². The van der Waals surface area contributed by atoms with Crippen LogP contribution in [0, 0.1) is 5.92 Å². The fourth-order valence-electron chi connectivity index (χ4n) is 2.09. The molecule has 0 aliphatic carbocycles. The Labute approximate surface area is 90.5 Å². The first kappa shape index (κ1) is 11.3. The van der Waals surface area contributed by atoms with Crippen LogP contribution in [-0.2, 0) is 14.2 Å². The first-order chi connectivity index (χ1) is 7.34. The fraction of sp³-hybridized carbons (Fsp3) is 1.00. The van der Waals surface area contributed by atoms with Gasteiger partial charge in [0.15, 0.2) is 6.29 Å². The van der Waals surface area contributed by atoms with Gasteiger partial charge in [-0.2, -0.15) is 0 Å². The summed E-state index contributed by atoms with van der Waals surface area (Å²) in [7, 11) is 0. The summed E-state index contributed by atoms with van der Waals surface area (Å²) in [5, 5.41) is 9.40. The third-order valence-electron chi connectivity index (χ3n) is 2.92. The lowest BCUT2D eigenvalue weighted by molar-refractivity contribution is -0.178. The summed E-state index contributed by atoms with van der Waals surface area (Å²) >= 11 is 0. The monoisotopic (exact) mass is 216 g/mol. The van der Waals surface area contributed by atoms with E-state index in [0.717, 1.165) is 25.9 Å². The molecule has 2 saturated heterocycles. The minimum atomic E-state index is -0.320. The Hall–Kier alpha value is -0.160. The highest BCUT2D eigenvalue weighted by Crippen LogP contribution is 2.18. The second-order valence-corrected chi connectivity index (χ2v) is 4.42. The number of hydrogen-bond acceptors (Lipinski definition) is 4. The highest BCUT2D eigenvalue weighted by molar-refractivity contribution is 4.69. The molecule has 3 atom stereocenters. The summed E-state index contributed by atoms with van der Waals surface area (Å²) < 4.78 is 16.4. The largest absolute Gasteiger partial charge is 0.391 e. The van der Waals surface area contributed by atoms with Crippen molar-refractivity contribution in [3.63, 3.8) is 0 Å². The van der Waals surface area contributed by atoms with Crippen molar-refractivity contribution in [2.24, 2.45) is 5.92 Å². The van der Waals surface area contributed by atoms with Crippen LogP contribution in [-0.4, -0.2) is 43.9 Å². The van der Waals surface area contributed by atoms with Crippen molar-refractivity contribution in [3.05, 3.63) is 0 Å². The zero-order valence-corrected chi connectivity index (χ0v) is 9.06. The molecule has 15 heavy (non-hydrogen) atoms. The second-order valence-electron chi connectivity index (χ2n) is 4.42. The normalized spacial score (nSPS) is 37.8. The van der Waals surface area contributed by atoms with Crippen molar-refractivity contribution in [1.29, 1.82) is 0 Å². The highest BCUT2D eigenvalue weighted by atomic mass is 16.7. The summed E-state index contributed by atoms with van der Waals surface area (Å²) in [4.78, 5) is 0. The van der Waals surface area contributed by atoms with Crippen LogP contribution < -0.4 is 0 Å². The summed E-state index contributed by atoms with van der Waals surface area (Å²) in [6.07, 6.45) is 3.76. The minimum absolute atomic E-state index is 0.0298. The predicted molar refractivity (Wildman–Crippen MR) is 54.5 cm³/mol. The summed E-state index contributed by atoms with van der Waals surface area (Å²) in [5.74, 6) is 0.319. The van der Waals surface area contributed by atoms with Gasteiger partial charge in [-0.1, -0.05) is 0 Å². The maximum atomic E-state index is 9.40. The SMILES string of the molecule is O[C@H]1COC[C@@H](COC2CCCCO2)C1. The van der Waals surface area contributed by atoms with Gasteiger partial charge in [-0.25, -0.2) is 0 Å². The number of hydrogen-bond donors (Lipinski definition) is 1. The average molecular weight is 216 g/mol. The first-order valence-corrected chi connectivity index (χ1v) is 5.83. The number of aliphatic hydroxyl groups excluding tert-OH is 1. The Morgan fingerprint density at radius 2 is 2.20 bits per heavy atom. The molecule has 0 bridgehead atoms. The molecule has 2 fully saturated rings. The molecule has 0 aromatic rings. The van der Waals surface area contributed by atoms with E-state index in [4.69, 9.17) is 14.2 Å². The topological polar surface area (TPSA) is 47.9 Å². The molecule has 2 aliphatic heterocycles. The van der Waals surface area contributed by atoms with Crippen LogP contribution in [0.2, 0.25) is 0 Å². The molecule has 0 aromatic carbocycles. The summed E-state index contributed by atoms with van der Waals surface area (Å²) in [5.41, 5.74) is 0. The van der Waals surface area contributed by atoms with Gasteiger partial charge < -0.3 is 19.3 Å². The van der Waals surface area contributed by atoms with E-state index in [2.05, 4.69) is 0 Å². The van der Waals surface area contributed by atoms with E-state index in [-0.39, 0.29) is 12.4 Å². The van der Waals surface area contributed by atoms with Gasteiger partial charge in [0, 0.05) is 12.5 Å². The molecule has 88 valence electrons. The lowest BCUT2D eigenvalue weighted by Crippen LogP contribution is -2.33. The average Bonchev–Trinajstić information content (AvgIpc) is 2.28. The van der Waals surface area contributed by atoms with Crippen LogP contribution in [0.25, 0.3) is 0 Å². The van der Waals surface area contributed by atoms with Crippen molar-refractivity contribution in [1.82, 2.24) is 0 Å². The quantitative estimate of drug-likeness (QED) is 0.762. The van der Waals surface area contributed by atoms with Crippen LogP contribution in [0.1, 0.15) is 25.7 Å². The molecule has 0 saturated carbocycles. The van der Waals surface area contributed by atoms with Gasteiger partial charge in [0.1, 0.15) is 0 Å². The maximum Gasteiger partial charge on any atom is 0.157 e. The standard InChI is InChI=1S/C11H20O4/c12-10-5-9(6-13-8-10)7-15-11-3-1-2-4-14-11/h9-12H,1-8H2/t9-,10+,11?/m0/s1. The van der Waals surface area contributed by atoms with Gasteiger partial charge in [0.25, 0.3) is 0 Å². The van der Waals surface area contributed by atoms with Crippen molar-refractivity contribution in [2.75, 3.05) is 26.4 Å². The number of rotatable bonds is 3. The number of ether oxygens (including phenoxy) is 3. The molecular weight excluding hydrogens is 196 g/mol. The third kappa shape index (κ3) is 3.72. The zero-order chi connectivity index (χ0) is 10.5. The number of aliphatic hydroxyl groups is 1. The molecule has 0 radical (unpaired) electrons. The van der Waals surface area contributed by atoms with Gasteiger partial charge in [-0.05, 0) is 25.7 Å². The van der Waals surface area contributed by atoms with Crippen LogP contribution in [0.5, 0.6) is 0 Å². The van der Waals surface area contributed by atoms with Gasteiger partial charge in [-0.15, -0.1) is 0 Å². The summed E-state index contributed by atoms with van der Waals surface area (Å²) in [6.45, 7) is 2.62. The molecule has 4 nitrogen and oxygen atoms in total. The third-order valence-corrected chi connectivity index (χ3v) is 2.92. The Kier molecular flexibility index (Phi) is 4.38. The molecule has 0 spiro atoms. The van der Waals surface area contributed by atoms with Gasteiger partial charge in [-0.3, -0.25) is 0 Å². The molecule has 2 rings (SSSR count). The fourth-order valence-corrected chi connectivity index (χ4v) is 2.09. The lowest BCUT2D eigenvalue weighted by atomic mass is 10.0. The Bertz CT molecular complexity index is 179. The molecule has 1 unspecified atom stereocenters. The zero-order valence-electron chi connectivity index (χ0n) is 9.06. The van der Waals surface area contributed by atoms with E-state index in [1.54, 1.807) is 0 Å². The van der Waals surface area contributed by atoms with Crippen LogP contribution >= 0.6 is 0 Å². The molecule has 2 heterocycles. The molecule has 0 aromatic heterocycles. The minimum Gasteiger partial charge on any atom is -0.391 e. The molecule has 2 aliphatic rings. The second kappa shape index (κ2) is 5.80. The van der Waals surface area contributed by atoms with Crippen molar-refractivity contribution in [2.45, 2.75) is 38.1 Å². The smallest absolute Gasteiger partial charge is 0.157 e. The highest BCUT2D eigenvalue weighted by Gasteiger charge is 2.23. The van der Waals surface area contributed by atoms with Crippen LogP contribution in [0.4, 0.5) is 0 Å². The molecular formula is C11H20O4. The van der Waals surface area contributed by atoms with E-state index in [1.165, 1.54) is 6.42 Å². The predicted octanol–water partition coefficient (Wildman–Crippen LogP) is 0.927.